The lowest BCUT2D eigenvalue weighted by molar-refractivity contribution is -0.122. The van der Waals surface area contributed by atoms with Crippen LogP contribution in [0.5, 0.6) is 5.75 Å². The molecule has 34 heavy (non-hydrogen) atoms. The van der Waals surface area contributed by atoms with E-state index in [1.807, 2.05) is 6.07 Å². The third-order valence-electron chi connectivity index (χ3n) is 5.34. The molecule has 1 atom stereocenters. The Balaban J connectivity index is 1.84. The Morgan fingerprint density at radius 2 is 1.65 bits per heavy atom. The molecule has 3 rings (SSSR count). The second-order valence-corrected chi connectivity index (χ2v) is 9.35. The maximum Gasteiger partial charge on any atom is 0.330 e. The number of sulfonamides is 1. The zero-order valence-electron chi connectivity index (χ0n) is 19.0. The first-order valence-corrected chi connectivity index (χ1v) is 11.8. The number of aromatic nitrogens is 2. The van der Waals surface area contributed by atoms with Crippen molar-refractivity contribution in [3.63, 3.8) is 0 Å². The minimum absolute atomic E-state index is 0.0203. The van der Waals surface area contributed by atoms with Crippen molar-refractivity contribution in [2.45, 2.75) is 23.9 Å². The van der Waals surface area contributed by atoms with E-state index in [1.54, 1.807) is 24.3 Å². The number of carbonyl (C=O) groups excluding carboxylic acids is 1. The van der Waals surface area contributed by atoms with Crippen molar-refractivity contribution in [1.29, 1.82) is 0 Å². The molecule has 0 aliphatic rings. The van der Waals surface area contributed by atoms with Crippen LogP contribution in [0.15, 0.2) is 75.1 Å². The molecule has 0 radical (unpaired) electrons. The Morgan fingerprint density at radius 1 is 1.00 bits per heavy atom. The smallest absolute Gasteiger partial charge is 0.330 e. The Kier molecular flexibility index (Phi) is 7.69. The highest BCUT2D eigenvalue weighted by Crippen LogP contribution is 2.16. The van der Waals surface area contributed by atoms with Gasteiger partial charge in [0.2, 0.25) is 15.9 Å². The van der Waals surface area contributed by atoms with Crippen LogP contribution < -0.4 is 26.0 Å². The zero-order valence-corrected chi connectivity index (χ0v) is 19.8. The van der Waals surface area contributed by atoms with E-state index < -0.39 is 33.2 Å². The van der Waals surface area contributed by atoms with Gasteiger partial charge in [-0.3, -0.25) is 18.7 Å². The quantitative estimate of drug-likeness (QED) is 0.448. The normalized spacial score (nSPS) is 12.2. The molecule has 0 bridgehead atoms. The molecule has 10 nitrogen and oxygen atoms in total. The predicted octanol–water partition coefficient (Wildman–Crippen LogP) is 0.299. The van der Waals surface area contributed by atoms with Crippen LogP contribution in [0.25, 0.3) is 0 Å². The minimum atomic E-state index is -4.03. The molecule has 2 N–H and O–H groups in total. The van der Waals surface area contributed by atoms with Crippen LogP contribution in [0.2, 0.25) is 0 Å². The van der Waals surface area contributed by atoms with E-state index in [0.29, 0.717) is 5.75 Å². The summed E-state index contributed by atoms with van der Waals surface area (Å²) in [4.78, 5) is 37.1. The highest BCUT2D eigenvalue weighted by molar-refractivity contribution is 7.89. The first-order chi connectivity index (χ1) is 16.1. The van der Waals surface area contributed by atoms with E-state index >= 15 is 0 Å². The lowest BCUT2D eigenvalue weighted by Gasteiger charge is -2.19. The van der Waals surface area contributed by atoms with Gasteiger partial charge in [-0.05, 0) is 36.2 Å². The summed E-state index contributed by atoms with van der Waals surface area (Å²) in [6.45, 7) is -0.129. The predicted molar refractivity (Wildman–Crippen MR) is 126 cm³/mol. The van der Waals surface area contributed by atoms with Gasteiger partial charge in [0.15, 0.2) is 0 Å². The molecule has 0 saturated heterocycles. The SMILES string of the molecule is COc1ccc(S(=O)(=O)N[C@@H](Cc2ccccc2)C(=O)NCc2cc(=O)n(C)c(=O)n2C)cc1. The molecule has 0 aliphatic heterocycles. The fourth-order valence-electron chi connectivity index (χ4n) is 3.30. The van der Waals surface area contributed by atoms with Gasteiger partial charge in [0.1, 0.15) is 11.8 Å². The van der Waals surface area contributed by atoms with Gasteiger partial charge in [0.25, 0.3) is 5.56 Å². The molecule has 0 unspecified atom stereocenters. The summed E-state index contributed by atoms with van der Waals surface area (Å²) in [5, 5.41) is 2.63. The van der Waals surface area contributed by atoms with E-state index in [1.165, 1.54) is 56.1 Å². The Hall–Kier alpha value is -3.70. The van der Waals surface area contributed by atoms with Crippen LogP contribution in [-0.2, 0) is 41.9 Å². The lowest BCUT2D eigenvalue weighted by Crippen LogP contribution is -2.48. The highest BCUT2D eigenvalue weighted by atomic mass is 32.2. The Bertz CT molecular complexity index is 1380. The van der Waals surface area contributed by atoms with Crippen molar-refractivity contribution >= 4 is 15.9 Å². The summed E-state index contributed by atoms with van der Waals surface area (Å²) in [5.41, 5.74) is 0.00479. The van der Waals surface area contributed by atoms with Gasteiger partial charge in [-0.25, -0.2) is 13.2 Å². The molecule has 3 aromatic rings. The van der Waals surface area contributed by atoms with E-state index in [4.69, 9.17) is 4.74 Å². The molecule has 180 valence electrons. The van der Waals surface area contributed by atoms with Crippen LogP contribution in [-0.4, -0.2) is 36.6 Å². The third kappa shape index (κ3) is 5.80. The van der Waals surface area contributed by atoms with Gasteiger partial charge >= 0.3 is 5.69 Å². The van der Waals surface area contributed by atoms with Crippen molar-refractivity contribution in [3.8, 4) is 5.75 Å². The van der Waals surface area contributed by atoms with Crippen LogP contribution in [0.3, 0.4) is 0 Å². The number of nitrogens with one attached hydrogen (secondary N) is 2. The lowest BCUT2D eigenvalue weighted by atomic mass is 10.1. The monoisotopic (exact) mass is 486 g/mol. The summed E-state index contributed by atoms with van der Waals surface area (Å²) in [6, 6.07) is 14.9. The maximum atomic E-state index is 13.0. The third-order valence-corrected chi connectivity index (χ3v) is 6.82. The summed E-state index contributed by atoms with van der Waals surface area (Å²) in [7, 11) is 0.279. The first kappa shape index (κ1) is 24.9. The molecular formula is C23H26N4O6S. The number of hydrogen-bond donors (Lipinski definition) is 2. The molecule has 1 amide bonds. The van der Waals surface area contributed by atoms with Gasteiger partial charge < -0.3 is 10.1 Å². The molecule has 2 aromatic carbocycles. The van der Waals surface area contributed by atoms with Gasteiger partial charge in [-0.15, -0.1) is 0 Å². The van der Waals surface area contributed by atoms with Crippen LogP contribution in [0.1, 0.15) is 11.3 Å². The van der Waals surface area contributed by atoms with E-state index in [2.05, 4.69) is 10.0 Å². The summed E-state index contributed by atoms with van der Waals surface area (Å²) in [6.07, 6.45) is 0.0948. The fraction of sp³-hybridized carbons (Fsp3) is 0.261. The Labute approximate surface area is 196 Å². The average Bonchev–Trinajstić information content (AvgIpc) is 2.84. The van der Waals surface area contributed by atoms with Crippen molar-refractivity contribution in [1.82, 2.24) is 19.2 Å². The van der Waals surface area contributed by atoms with E-state index in [-0.39, 0.29) is 23.6 Å². The number of ether oxygens (including phenoxy) is 1. The number of rotatable bonds is 9. The fourth-order valence-corrected chi connectivity index (χ4v) is 4.49. The number of methoxy groups -OCH3 is 1. The van der Waals surface area contributed by atoms with Crippen molar-refractivity contribution in [2.24, 2.45) is 14.1 Å². The first-order valence-electron chi connectivity index (χ1n) is 10.4. The van der Waals surface area contributed by atoms with Crippen LogP contribution in [0, 0.1) is 0 Å². The topological polar surface area (TPSA) is 128 Å². The summed E-state index contributed by atoms with van der Waals surface area (Å²) < 4.78 is 35.7. The van der Waals surface area contributed by atoms with Gasteiger partial charge in [0, 0.05) is 25.9 Å². The maximum absolute atomic E-state index is 13.0. The number of nitrogens with zero attached hydrogens (tertiary/aromatic N) is 2. The molecule has 0 aliphatic carbocycles. The summed E-state index contributed by atoms with van der Waals surface area (Å²) in [5.74, 6) is -0.105. The zero-order chi connectivity index (χ0) is 24.9. The highest BCUT2D eigenvalue weighted by Gasteiger charge is 2.26. The van der Waals surface area contributed by atoms with Crippen molar-refractivity contribution in [2.75, 3.05) is 7.11 Å². The van der Waals surface area contributed by atoms with Gasteiger partial charge in [-0.2, -0.15) is 4.72 Å². The number of amides is 1. The van der Waals surface area contributed by atoms with Crippen LogP contribution >= 0.6 is 0 Å². The molecule has 1 aromatic heterocycles. The molecule has 0 saturated carbocycles. The van der Waals surface area contributed by atoms with Crippen molar-refractivity contribution < 1.29 is 17.9 Å². The largest absolute Gasteiger partial charge is 0.497 e. The number of carbonyl (C=O) groups is 1. The van der Waals surface area contributed by atoms with Gasteiger partial charge in [-0.1, -0.05) is 30.3 Å². The average molecular weight is 487 g/mol. The van der Waals surface area contributed by atoms with Crippen molar-refractivity contribution in [3.05, 3.63) is 92.8 Å². The number of hydrogen-bond acceptors (Lipinski definition) is 6. The second-order valence-electron chi connectivity index (χ2n) is 7.63. The van der Waals surface area contributed by atoms with Gasteiger partial charge in [0.05, 0.1) is 18.6 Å². The molecular weight excluding hydrogens is 460 g/mol. The number of benzene rings is 2. The van der Waals surface area contributed by atoms with Crippen LogP contribution in [0.4, 0.5) is 0 Å². The summed E-state index contributed by atoms with van der Waals surface area (Å²) >= 11 is 0. The standard InChI is InChI=1S/C23H26N4O6S/c1-26-17(14-21(28)27(2)23(26)30)15-24-22(29)20(13-16-7-5-4-6-8-16)25-34(31,32)19-11-9-18(33-3)10-12-19/h4-12,14,20,25H,13,15H2,1-3H3,(H,24,29)/t20-/m0/s1. The molecule has 1 heterocycles. The van der Waals surface area contributed by atoms with E-state index in [0.717, 1.165) is 10.1 Å². The Morgan fingerprint density at radius 3 is 2.26 bits per heavy atom. The molecule has 0 spiro atoms. The molecule has 0 fully saturated rings. The minimum Gasteiger partial charge on any atom is -0.497 e. The second kappa shape index (κ2) is 10.5. The molecule has 11 heteroatoms. The van der Waals surface area contributed by atoms with E-state index in [9.17, 15) is 22.8 Å².